The van der Waals surface area contributed by atoms with Gasteiger partial charge in [-0.25, -0.2) is 8.42 Å². The van der Waals surface area contributed by atoms with Crippen LogP contribution in [0.3, 0.4) is 0 Å². The Hall–Kier alpha value is -2.10. The molecule has 9 heteroatoms. The topological polar surface area (TPSA) is 87.6 Å². The van der Waals surface area contributed by atoms with E-state index in [0.717, 1.165) is 35.5 Å². The monoisotopic (exact) mass is 391 g/mol. The summed E-state index contributed by atoms with van der Waals surface area (Å²) in [5.41, 5.74) is 0.436. The quantitative estimate of drug-likeness (QED) is 0.745. The third-order valence-electron chi connectivity index (χ3n) is 4.59. The van der Waals surface area contributed by atoms with E-state index in [0.29, 0.717) is 18.0 Å². The predicted molar refractivity (Wildman–Crippen MR) is 95.4 cm³/mol. The van der Waals surface area contributed by atoms with Crippen molar-refractivity contribution in [3.63, 3.8) is 0 Å². The van der Waals surface area contributed by atoms with Gasteiger partial charge in [-0.1, -0.05) is 6.42 Å². The minimum absolute atomic E-state index is 0.0498. The van der Waals surface area contributed by atoms with Gasteiger partial charge in [0.1, 0.15) is 9.90 Å². The average molecular weight is 391 g/mol. The molecule has 0 aliphatic carbocycles. The van der Waals surface area contributed by atoms with Crippen LogP contribution in [-0.4, -0.2) is 47.5 Å². The van der Waals surface area contributed by atoms with Crippen molar-refractivity contribution in [3.05, 3.63) is 46.6 Å². The fraction of sp³-hybridized carbons (Fsp3) is 0.353. The summed E-state index contributed by atoms with van der Waals surface area (Å²) in [6.07, 6.45) is 4.27. The summed E-state index contributed by atoms with van der Waals surface area (Å²) in [6, 6.07) is 6.41. The number of pyridine rings is 1. The first-order valence-electron chi connectivity index (χ1n) is 8.38. The SMILES string of the molecule is O=C1c2cccnc2C(=O)N1Cc1ccc(S(=O)(=O)N2CCCCC2)s1. The summed E-state index contributed by atoms with van der Waals surface area (Å²) < 4.78 is 27.2. The second kappa shape index (κ2) is 6.57. The summed E-state index contributed by atoms with van der Waals surface area (Å²) in [5.74, 6) is -0.841. The minimum atomic E-state index is -3.50. The van der Waals surface area contributed by atoms with Gasteiger partial charge in [0.05, 0.1) is 12.1 Å². The molecular formula is C17H17N3O4S2. The van der Waals surface area contributed by atoms with Gasteiger partial charge in [-0.2, -0.15) is 4.31 Å². The largest absolute Gasteiger partial charge is 0.280 e. The Labute approximate surface area is 155 Å². The molecule has 0 radical (unpaired) electrons. The zero-order valence-corrected chi connectivity index (χ0v) is 15.6. The van der Waals surface area contributed by atoms with Gasteiger partial charge in [0.2, 0.25) is 0 Å². The van der Waals surface area contributed by atoms with E-state index in [4.69, 9.17) is 0 Å². The maximum atomic E-state index is 12.7. The average Bonchev–Trinajstić information content (AvgIpc) is 3.23. The second-order valence-corrected chi connectivity index (χ2v) is 9.61. The predicted octanol–water partition coefficient (Wildman–Crippen LogP) is 2.11. The van der Waals surface area contributed by atoms with E-state index in [1.54, 1.807) is 24.3 Å². The highest BCUT2D eigenvalue weighted by molar-refractivity contribution is 7.91. The molecular weight excluding hydrogens is 374 g/mol. The molecule has 4 heterocycles. The van der Waals surface area contributed by atoms with E-state index in [1.165, 1.54) is 10.5 Å². The Kier molecular flexibility index (Phi) is 4.37. The van der Waals surface area contributed by atoms with Crippen LogP contribution in [-0.2, 0) is 16.6 Å². The van der Waals surface area contributed by atoms with Crippen molar-refractivity contribution < 1.29 is 18.0 Å². The lowest BCUT2D eigenvalue weighted by Crippen LogP contribution is -2.35. The molecule has 2 amide bonds. The second-order valence-electron chi connectivity index (χ2n) is 6.28. The molecule has 0 unspecified atom stereocenters. The number of nitrogens with zero attached hydrogens (tertiary/aromatic N) is 3. The maximum absolute atomic E-state index is 12.7. The summed E-state index contributed by atoms with van der Waals surface area (Å²) in [4.78, 5) is 30.5. The van der Waals surface area contributed by atoms with Crippen LogP contribution in [0.15, 0.2) is 34.7 Å². The van der Waals surface area contributed by atoms with Gasteiger partial charge < -0.3 is 0 Å². The molecule has 26 heavy (non-hydrogen) atoms. The molecule has 0 saturated carbocycles. The zero-order valence-electron chi connectivity index (χ0n) is 13.9. The lowest BCUT2D eigenvalue weighted by atomic mass is 10.2. The molecule has 2 aliphatic heterocycles. The van der Waals surface area contributed by atoms with Crippen LogP contribution in [0.1, 0.15) is 45.0 Å². The van der Waals surface area contributed by atoms with E-state index in [-0.39, 0.29) is 22.0 Å². The number of imide groups is 1. The molecule has 0 aromatic carbocycles. The number of amides is 2. The molecule has 136 valence electrons. The van der Waals surface area contributed by atoms with Crippen LogP contribution < -0.4 is 0 Å². The molecule has 2 aliphatic rings. The number of hydrogen-bond donors (Lipinski definition) is 0. The summed E-state index contributed by atoms with van der Waals surface area (Å²) in [7, 11) is -3.50. The van der Waals surface area contributed by atoms with Gasteiger partial charge in [-0.05, 0) is 37.1 Å². The first kappa shape index (κ1) is 17.3. The number of sulfonamides is 1. The maximum Gasteiger partial charge on any atom is 0.280 e. The van der Waals surface area contributed by atoms with Crippen LogP contribution >= 0.6 is 11.3 Å². The van der Waals surface area contributed by atoms with Crippen LogP contribution in [0.25, 0.3) is 0 Å². The van der Waals surface area contributed by atoms with E-state index in [2.05, 4.69) is 4.98 Å². The number of thiophene rings is 1. The van der Waals surface area contributed by atoms with Crippen LogP contribution in [0.2, 0.25) is 0 Å². The van der Waals surface area contributed by atoms with Gasteiger partial charge in [-0.15, -0.1) is 11.3 Å². The van der Waals surface area contributed by atoms with E-state index in [9.17, 15) is 18.0 Å². The van der Waals surface area contributed by atoms with Crippen molar-refractivity contribution in [1.29, 1.82) is 0 Å². The zero-order chi connectivity index (χ0) is 18.3. The lowest BCUT2D eigenvalue weighted by molar-refractivity contribution is 0.0642. The van der Waals surface area contributed by atoms with Gasteiger partial charge in [0.15, 0.2) is 0 Å². The summed E-state index contributed by atoms with van der Waals surface area (Å²) in [6.45, 7) is 1.13. The first-order chi connectivity index (χ1) is 12.5. The van der Waals surface area contributed by atoms with Crippen molar-refractivity contribution in [3.8, 4) is 0 Å². The highest BCUT2D eigenvalue weighted by Crippen LogP contribution is 2.29. The molecule has 0 bridgehead atoms. The number of aromatic nitrogens is 1. The third-order valence-corrected chi connectivity index (χ3v) is 8.03. The Morgan fingerprint density at radius 3 is 2.54 bits per heavy atom. The van der Waals surface area contributed by atoms with Crippen molar-refractivity contribution >= 4 is 33.2 Å². The molecule has 2 aromatic heterocycles. The van der Waals surface area contributed by atoms with Gasteiger partial charge in [0, 0.05) is 24.2 Å². The first-order valence-corrected chi connectivity index (χ1v) is 10.6. The highest BCUT2D eigenvalue weighted by Gasteiger charge is 2.37. The normalized spacial score (nSPS) is 18.4. The van der Waals surface area contributed by atoms with Crippen LogP contribution in [0.4, 0.5) is 0 Å². The number of fused-ring (bicyclic) bond motifs is 1. The molecule has 4 rings (SSSR count). The molecule has 0 spiro atoms. The Balaban J connectivity index is 1.55. The van der Waals surface area contributed by atoms with E-state index < -0.39 is 21.8 Å². The van der Waals surface area contributed by atoms with Crippen molar-refractivity contribution in [2.24, 2.45) is 0 Å². The fourth-order valence-corrected chi connectivity index (χ4v) is 6.24. The summed E-state index contributed by atoms with van der Waals surface area (Å²) >= 11 is 1.11. The minimum Gasteiger partial charge on any atom is -0.268 e. The molecule has 1 fully saturated rings. The number of carbonyl (C=O) groups excluding carboxylic acids is 2. The van der Waals surface area contributed by atoms with Crippen molar-refractivity contribution in [1.82, 2.24) is 14.2 Å². The summed E-state index contributed by atoms with van der Waals surface area (Å²) in [5, 5.41) is 0. The van der Waals surface area contributed by atoms with E-state index >= 15 is 0 Å². The van der Waals surface area contributed by atoms with Crippen LogP contribution in [0, 0.1) is 0 Å². The number of hydrogen-bond acceptors (Lipinski definition) is 6. The molecule has 7 nitrogen and oxygen atoms in total. The molecule has 2 aromatic rings. The standard InChI is InChI=1S/C17H17N3O4S2/c21-16-13-5-4-8-18-15(13)17(22)20(16)11-12-6-7-14(25-12)26(23,24)19-9-2-1-3-10-19/h4-8H,1-3,9-11H2. The van der Waals surface area contributed by atoms with Gasteiger partial charge in [0.25, 0.3) is 21.8 Å². The Morgan fingerprint density at radius 2 is 1.81 bits per heavy atom. The third kappa shape index (κ3) is 2.85. The number of rotatable bonds is 4. The van der Waals surface area contributed by atoms with Crippen LogP contribution in [0.5, 0.6) is 0 Å². The van der Waals surface area contributed by atoms with Crippen molar-refractivity contribution in [2.75, 3.05) is 13.1 Å². The highest BCUT2D eigenvalue weighted by atomic mass is 32.2. The fourth-order valence-electron chi connectivity index (χ4n) is 3.23. The Morgan fingerprint density at radius 1 is 1.04 bits per heavy atom. The number of piperidine rings is 1. The van der Waals surface area contributed by atoms with Gasteiger partial charge >= 0.3 is 0 Å². The van der Waals surface area contributed by atoms with Crippen molar-refractivity contribution in [2.45, 2.75) is 30.0 Å². The smallest absolute Gasteiger partial charge is 0.268 e. The number of carbonyl (C=O) groups is 2. The Bertz CT molecular complexity index is 942. The molecule has 0 N–H and O–H groups in total. The van der Waals surface area contributed by atoms with Gasteiger partial charge in [-0.3, -0.25) is 19.5 Å². The molecule has 0 atom stereocenters. The molecule has 1 saturated heterocycles. The van der Waals surface area contributed by atoms with E-state index in [1.807, 2.05) is 0 Å². The lowest BCUT2D eigenvalue weighted by Gasteiger charge is -2.25.